The third-order valence-electron chi connectivity index (χ3n) is 5.93. The third-order valence-corrected chi connectivity index (χ3v) is 7.07. The van der Waals surface area contributed by atoms with Gasteiger partial charge in [0.2, 0.25) is 0 Å². The SMILES string of the molecule is Cc1cccc(N2CCN(CCn3cnc4sc5c(c4c3=O)CCNC5)CC2)n1. The second kappa shape index (κ2) is 7.85. The minimum atomic E-state index is 0.122. The van der Waals surface area contributed by atoms with Crippen molar-refractivity contribution < 1.29 is 0 Å². The number of nitrogens with zero attached hydrogens (tertiary/aromatic N) is 5. The van der Waals surface area contributed by atoms with Crippen LogP contribution in [0.15, 0.2) is 29.3 Å². The molecule has 5 rings (SSSR count). The van der Waals surface area contributed by atoms with Gasteiger partial charge in [-0.2, -0.15) is 0 Å². The minimum Gasteiger partial charge on any atom is -0.354 e. The Bertz CT molecular complexity index is 1080. The summed E-state index contributed by atoms with van der Waals surface area (Å²) in [5, 5.41) is 4.23. The molecule has 0 spiro atoms. The molecule has 0 radical (unpaired) electrons. The average molecular weight is 411 g/mol. The molecule has 1 fully saturated rings. The number of thiophene rings is 1. The number of nitrogens with one attached hydrogen (secondary N) is 1. The van der Waals surface area contributed by atoms with E-state index >= 15 is 0 Å². The monoisotopic (exact) mass is 410 g/mol. The van der Waals surface area contributed by atoms with E-state index in [2.05, 4.69) is 37.2 Å². The van der Waals surface area contributed by atoms with Gasteiger partial charge in [-0.25, -0.2) is 9.97 Å². The van der Waals surface area contributed by atoms with Crippen LogP contribution < -0.4 is 15.8 Å². The molecule has 0 bridgehead atoms. The van der Waals surface area contributed by atoms with Crippen molar-refractivity contribution in [1.29, 1.82) is 0 Å². The van der Waals surface area contributed by atoms with E-state index in [4.69, 9.17) is 0 Å². The Balaban J connectivity index is 1.25. The van der Waals surface area contributed by atoms with Crippen LogP contribution in [-0.4, -0.2) is 58.7 Å². The summed E-state index contributed by atoms with van der Waals surface area (Å²) in [5.41, 5.74) is 2.39. The number of aromatic nitrogens is 3. The van der Waals surface area contributed by atoms with Gasteiger partial charge in [0, 0.05) is 56.4 Å². The van der Waals surface area contributed by atoms with Gasteiger partial charge in [-0.05, 0) is 37.6 Å². The van der Waals surface area contributed by atoms with Crippen molar-refractivity contribution in [3.63, 3.8) is 0 Å². The van der Waals surface area contributed by atoms with Gasteiger partial charge in [-0.1, -0.05) is 6.07 Å². The van der Waals surface area contributed by atoms with Gasteiger partial charge in [0.1, 0.15) is 10.6 Å². The zero-order valence-corrected chi connectivity index (χ0v) is 17.5. The van der Waals surface area contributed by atoms with Crippen LogP contribution in [0.4, 0.5) is 5.82 Å². The van der Waals surface area contributed by atoms with Gasteiger partial charge in [-0.15, -0.1) is 11.3 Å². The van der Waals surface area contributed by atoms with Crippen molar-refractivity contribution in [2.45, 2.75) is 26.4 Å². The quantitative estimate of drug-likeness (QED) is 0.705. The highest BCUT2D eigenvalue weighted by Crippen LogP contribution is 2.29. The molecule has 0 aromatic carbocycles. The highest BCUT2D eigenvalue weighted by molar-refractivity contribution is 7.18. The van der Waals surface area contributed by atoms with Crippen LogP contribution in [0.2, 0.25) is 0 Å². The van der Waals surface area contributed by atoms with Crippen molar-refractivity contribution in [2.24, 2.45) is 0 Å². The summed E-state index contributed by atoms with van der Waals surface area (Å²) in [6.07, 6.45) is 2.65. The summed E-state index contributed by atoms with van der Waals surface area (Å²) in [6.45, 7) is 9.29. The van der Waals surface area contributed by atoms with E-state index in [1.165, 1.54) is 10.4 Å². The Hall–Kier alpha value is -2.29. The zero-order valence-electron chi connectivity index (χ0n) is 16.7. The van der Waals surface area contributed by atoms with Crippen LogP contribution >= 0.6 is 11.3 Å². The topological polar surface area (TPSA) is 66.3 Å². The number of hydrogen-bond acceptors (Lipinski definition) is 7. The molecule has 7 nitrogen and oxygen atoms in total. The van der Waals surface area contributed by atoms with Crippen LogP contribution in [0.5, 0.6) is 0 Å². The number of rotatable bonds is 4. The first-order valence-electron chi connectivity index (χ1n) is 10.3. The summed E-state index contributed by atoms with van der Waals surface area (Å²) in [4.78, 5) is 29.2. The van der Waals surface area contributed by atoms with Crippen LogP contribution in [0.3, 0.4) is 0 Å². The lowest BCUT2D eigenvalue weighted by Crippen LogP contribution is -2.47. The van der Waals surface area contributed by atoms with Gasteiger partial charge in [-0.3, -0.25) is 14.3 Å². The highest BCUT2D eigenvalue weighted by atomic mass is 32.1. The standard InChI is InChI=1S/C21H26N6OS/c1-15-3-2-4-18(24-15)26-10-7-25(8-11-26)9-12-27-14-23-20-19(21(27)28)16-5-6-22-13-17(16)29-20/h2-4,14,22H,5-13H2,1H3. The van der Waals surface area contributed by atoms with Crippen LogP contribution in [0, 0.1) is 6.92 Å². The molecule has 1 saturated heterocycles. The van der Waals surface area contributed by atoms with Crippen LogP contribution in [0.1, 0.15) is 16.1 Å². The number of piperazine rings is 1. The maximum atomic E-state index is 13.1. The van der Waals surface area contributed by atoms with E-state index in [-0.39, 0.29) is 5.56 Å². The first-order chi connectivity index (χ1) is 14.2. The van der Waals surface area contributed by atoms with Gasteiger partial charge < -0.3 is 10.2 Å². The molecule has 152 valence electrons. The Morgan fingerprint density at radius 3 is 2.86 bits per heavy atom. The van der Waals surface area contributed by atoms with E-state index in [0.717, 1.165) is 74.0 Å². The summed E-state index contributed by atoms with van der Waals surface area (Å²) in [5.74, 6) is 1.06. The molecule has 0 aliphatic carbocycles. The molecular formula is C21H26N6OS. The van der Waals surface area contributed by atoms with Gasteiger partial charge >= 0.3 is 0 Å². The van der Waals surface area contributed by atoms with E-state index in [0.29, 0.717) is 6.54 Å². The molecule has 2 aliphatic heterocycles. The first-order valence-corrected chi connectivity index (χ1v) is 11.1. The molecule has 0 amide bonds. The number of pyridine rings is 1. The number of anilines is 1. The first kappa shape index (κ1) is 18.7. The van der Waals surface area contributed by atoms with Crippen molar-refractivity contribution in [1.82, 2.24) is 24.8 Å². The molecule has 0 atom stereocenters. The Morgan fingerprint density at radius 2 is 2.03 bits per heavy atom. The normalized spacial score (nSPS) is 17.6. The predicted octanol–water partition coefficient (Wildman–Crippen LogP) is 1.63. The van der Waals surface area contributed by atoms with Crippen molar-refractivity contribution in [3.05, 3.63) is 51.0 Å². The smallest absolute Gasteiger partial charge is 0.262 e. The van der Waals surface area contributed by atoms with Gasteiger partial charge in [0.25, 0.3) is 5.56 Å². The fraction of sp³-hybridized carbons (Fsp3) is 0.476. The Labute approximate surface area is 174 Å². The summed E-state index contributed by atoms with van der Waals surface area (Å²) in [7, 11) is 0. The Kier molecular flexibility index (Phi) is 5.07. The minimum absolute atomic E-state index is 0.122. The van der Waals surface area contributed by atoms with Crippen LogP contribution in [0.25, 0.3) is 10.2 Å². The van der Waals surface area contributed by atoms with Crippen molar-refractivity contribution >= 4 is 27.4 Å². The number of aryl methyl sites for hydroxylation is 1. The van der Waals surface area contributed by atoms with Gasteiger partial charge in [0.05, 0.1) is 11.7 Å². The molecule has 8 heteroatoms. The molecule has 0 unspecified atom stereocenters. The molecule has 1 N–H and O–H groups in total. The molecule has 3 aromatic heterocycles. The second-order valence-corrected chi connectivity index (χ2v) is 8.90. The van der Waals surface area contributed by atoms with E-state index in [9.17, 15) is 4.79 Å². The molecule has 3 aromatic rings. The lowest BCUT2D eigenvalue weighted by atomic mass is 10.1. The maximum Gasteiger partial charge on any atom is 0.262 e. The molecule has 5 heterocycles. The van der Waals surface area contributed by atoms with Crippen molar-refractivity contribution in [2.75, 3.05) is 44.2 Å². The fourth-order valence-corrected chi connectivity index (χ4v) is 5.41. The molecule has 2 aliphatic rings. The van der Waals surface area contributed by atoms with E-state index in [1.54, 1.807) is 22.2 Å². The zero-order chi connectivity index (χ0) is 19.8. The largest absolute Gasteiger partial charge is 0.354 e. The third kappa shape index (κ3) is 3.68. The Morgan fingerprint density at radius 1 is 1.17 bits per heavy atom. The van der Waals surface area contributed by atoms with E-state index < -0.39 is 0 Å². The van der Waals surface area contributed by atoms with E-state index in [1.807, 2.05) is 13.0 Å². The summed E-state index contributed by atoms with van der Waals surface area (Å²) < 4.78 is 1.80. The molecule has 29 heavy (non-hydrogen) atoms. The second-order valence-electron chi connectivity index (χ2n) is 7.82. The number of fused-ring (bicyclic) bond motifs is 3. The summed E-state index contributed by atoms with van der Waals surface area (Å²) in [6, 6.07) is 6.18. The van der Waals surface area contributed by atoms with Crippen molar-refractivity contribution in [3.8, 4) is 0 Å². The molecular weight excluding hydrogens is 384 g/mol. The fourth-order valence-electron chi connectivity index (χ4n) is 4.26. The maximum absolute atomic E-state index is 13.1. The average Bonchev–Trinajstić information content (AvgIpc) is 3.13. The summed E-state index contributed by atoms with van der Waals surface area (Å²) >= 11 is 1.66. The molecule has 0 saturated carbocycles. The van der Waals surface area contributed by atoms with Crippen LogP contribution in [-0.2, 0) is 19.5 Å². The lowest BCUT2D eigenvalue weighted by molar-refractivity contribution is 0.246. The lowest BCUT2D eigenvalue weighted by Gasteiger charge is -2.35. The highest BCUT2D eigenvalue weighted by Gasteiger charge is 2.21. The predicted molar refractivity (Wildman–Crippen MR) is 117 cm³/mol. The van der Waals surface area contributed by atoms with Gasteiger partial charge in [0.15, 0.2) is 0 Å². The number of hydrogen-bond donors (Lipinski definition) is 1.